The Morgan fingerprint density at radius 1 is 0.947 bits per heavy atom. The van der Waals surface area contributed by atoms with Gasteiger partial charge in [0.1, 0.15) is 0 Å². The molecule has 0 unspecified atom stereocenters. The maximum atomic E-state index is 12.2. The number of carbonyl (C=O) groups is 1. The van der Waals surface area contributed by atoms with Gasteiger partial charge in [0.2, 0.25) is 0 Å². The highest BCUT2D eigenvalue weighted by molar-refractivity contribution is 6.05. The van der Waals surface area contributed by atoms with Gasteiger partial charge >= 0.3 is 0 Å². The summed E-state index contributed by atoms with van der Waals surface area (Å²) in [6.07, 6.45) is 1.67. The van der Waals surface area contributed by atoms with Crippen LogP contribution in [0.3, 0.4) is 0 Å². The van der Waals surface area contributed by atoms with Crippen molar-refractivity contribution in [2.24, 2.45) is 0 Å². The van der Waals surface area contributed by atoms with Crippen LogP contribution in [0.2, 0.25) is 0 Å². The lowest BCUT2D eigenvalue weighted by Crippen LogP contribution is -2.24. The highest BCUT2D eigenvalue weighted by atomic mass is 16.2. The number of carbonyl (C=O) groups excluding carboxylic acids is 1. The summed E-state index contributed by atoms with van der Waals surface area (Å²) in [5, 5.41) is 0. The number of anilines is 1. The van der Waals surface area contributed by atoms with Gasteiger partial charge in [-0.1, -0.05) is 48.5 Å². The first-order chi connectivity index (χ1) is 9.18. The Morgan fingerprint density at radius 2 is 1.47 bits per heavy atom. The number of hydrogen-bond acceptors (Lipinski definition) is 1. The number of para-hydroxylation sites is 1. The molecule has 2 aromatic carbocycles. The molecule has 0 aliphatic rings. The second-order valence-corrected chi connectivity index (χ2v) is 4.43. The van der Waals surface area contributed by atoms with Crippen LogP contribution in [0.4, 0.5) is 5.69 Å². The van der Waals surface area contributed by atoms with Crippen molar-refractivity contribution >= 4 is 17.2 Å². The molecule has 0 spiro atoms. The molecule has 0 saturated carbocycles. The third kappa shape index (κ3) is 3.32. The summed E-state index contributed by atoms with van der Waals surface area (Å²) in [5.74, 6) is -0.0208. The van der Waals surface area contributed by atoms with E-state index < -0.39 is 0 Å². The van der Waals surface area contributed by atoms with E-state index in [9.17, 15) is 4.79 Å². The number of benzene rings is 2. The lowest BCUT2D eigenvalue weighted by atomic mass is 10.1. The topological polar surface area (TPSA) is 20.3 Å². The second-order valence-electron chi connectivity index (χ2n) is 4.43. The van der Waals surface area contributed by atoms with Crippen LogP contribution in [0.15, 0.2) is 66.7 Å². The van der Waals surface area contributed by atoms with Gasteiger partial charge in [0.15, 0.2) is 0 Å². The molecular weight excluding hydrogens is 234 g/mol. The van der Waals surface area contributed by atoms with Gasteiger partial charge in [-0.2, -0.15) is 0 Å². The molecule has 0 aliphatic carbocycles. The summed E-state index contributed by atoms with van der Waals surface area (Å²) in [6, 6.07) is 19.5. The minimum Gasteiger partial charge on any atom is -0.312 e. The van der Waals surface area contributed by atoms with Gasteiger partial charge < -0.3 is 4.90 Å². The lowest BCUT2D eigenvalue weighted by molar-refractivity contribution is -0.113. The maximum absolute atomic E-state index is 12.2. The van der Waals surface area contributed by atoms with Crippen LogP contribution in [0.1, 0.15) is 12.5 Å². The zero-order valence-corrected chi connectivity index (χ0v) is 11.2. The van der Waals surface area contributed by atoms with E-state index in [-0.39, 0.29) is 5.91 Å². The molecule has 0 bridgehead atoms. The molecule has 19 heavy (non-hydrogen) atoms. The average Bonchev–Trinajstić information content (AvgIpc) is 2.48. The smallest absolute Gasteiger partial charge is 0.250 e. The molecule has 2 nitrogen and oxygen atoms in total. The highest BCUT2D eigenvalue weighted by Gasteiger charge is 2.08. The molecule has 2 aromatic rings. The van der Waals surface area contributed by atoms with Gasteiger partial charge in [-0.3, -0.25) is 4.79 Å². The largest absolute Gasteiger partial charge is 0.312 e. The highest BCUT2D eigenvalue weighted by Crippen LogP contribution is 2.16. The van der Waals surface area contributed by atoms with E-state index in [4.69, 9.17) is 0 Å². The van der Waals surface area contributed by atoms with Gasteiger partial charge in [0.05, 0.1) is 0 Å². The van der Waals surface area contributed by atoms with E-state index >= 15 is 0 Å². The normalized spacial score (nSPS) is 11.2. The third-order valence-corrected chi connectivity index (χ3v) is 3.04. The van der Waals surface area contributed by atoms with Crippen molar-refractivity contribution in [3.8, 4) is 0 Å². The molecule has 0 N–H and O–H groups in total. The summed E-state index contributed by atoms with van der Waals surface area (Å²) in [7, 11) is 1.78. The molecule has 0 fully saturated rings. The number of likely N-dealkylation sites (N-methyl/N-ethyl adjacent to an activating group) is 1. The number of rotatable bonds is 3. The third-order valence-electron chi connectivity index (χ3n) is 3.04. The summed E-state index contributed by atoms with van der Waals surface area (Å²) in [5.41, 5.74) is 2.93. The van der Waals surface area contributed by atoms with Crippen LogP contribution in [0.25, 0.3) is 5.57 Å². The number of hydrogen-bond donors (Lipinski definition) is 0. The van der Waals surface area contributed by atoms with Crippen LogP contribution in [0.5, 0.6) is 0 Å². The fourth-order valence-electron chi connectivity index (χ4n) is 1.85. The Labute approximate surface area is 114 Å². The van der Waals surface area contributed by atoms with E-state index in [0.717, 1.165) is 16.8 Å². The second kappa shape index (κ2) is 6.01. The minimum atomic E-state index is -0.0208. The minimum absolute atomic E-state index is 0.0208. The van der Waals surface area contributed by atoms with Crippen LogP contribution < -0.4 is 4.90 Å². The van der Waals surface area contributed by atoms with E-state index in [1.54, 1.807) is 18.0 Å². The van der Waals surface area contributed by atoms with Crippen LogP contribution in [-0.4, -0.2) is 13.0 Å². The van der Waals surface area contributed by atoms with Gasteiger partial charge in [0, 0.05) is 18.8 Å². The molecule has 96 valence electrons. The predicted octanol–water partition coefficient (Wildman–Crippen LogP) is 3.75. The Kier molecular flexibility index (Phi) is 4.14. The molecule has 0 saturated heterocycles. The summed E-state index contributed by atoms with van der Waals surface area (Å²) < 4.78 is 0. The van der Waals surface area contributed by atoms with Crippen molar-refractivity contribution in [3.05, 3.63) is 72.3 Å². The van der Waals surface area contributed by atoms with Crippen LogP contribution in [0, 0.1) is 0 Å². The predicted molar refractivity (Wildman–Crippen MR) is 79.9 cm³/mol. The van der Waals surface area contributed by atoms with E-state index in [1.807, 2.05) is 67.6 Å². The van der Waals surface area contributed by atoms with E-state index in [0.29, 0.717) is 0 Å². The average molecular weight is 251 g/mol. The quantitative estimate of drug-likeness (QED) is 0.761. The lowest BCUT2D eigenvalue weighted by Gasteiger charge is -2.15. The molecule has 2 heteroatoms. The fourth-order valence-corrected chi connectivity index (χ4v) is 1.85. The van der Waals surface area contributed by atoms with Crippen molar-refractivity contribution in [2.75, 3.05) is 11.9 Å². The van der Waals surface area contributed by atoms with Gasteiger partial charge in [-0.05, 0) is 30.2 Å². The zero-order valence-electron chi connectivity index (χ0n) is 11.2. The summed E-state index contributed by atoms with van der Waals surface area (Å²) in [6.45, 7) is 1.95. The summed E-state index contributed by atoms with van der Waals surface area (Å²) >= 11 is 0. The molecule has 2 rings (SSSR count). The molecule has 0 heterocycles. The van der Waals surface area contributed by atoms with E-state index in [1.165, 1.54) is 0 Å². The molecule has 0 radical (unpaired) electrons. The first kappa shape index (κ1) is 13.1. The van der Waals surface area contributed by atoms with E-state index in [2.05, 4.69) is 0 Å². The zero-order chi connectivity index (χ0) is 13.7. The van der Waals surface area contributed by atoms with Gasteiger partial charge in [0.25, 0.3) is 5.91 Å². The van der Waals surface area contributed by atoms with Crippen molar-refractivity contribution in [1.29, 1.82) is 0 Å². The Hall–Kier alpha value is -2.35. The molecule has 0 atom stereocenters. The molecule has 1 amide bonds. The fraction of sp³-hybridized carbons (Fsp3) is 0.118. The first-order valence-electron chi connectivity index (χ1n) is 6.25. The van der Waals surface area contributed by atoms with Crippen LogP contribution >= 0.6 is 0 Å². The molecule has 0 aromatic heterocycles. The van der Waals surface area contributed by atoms with Crippen molar-refractivity contribution in [1.82, 2.24) is 0 Å². The number of allylic oxidation sites excluding steroid dienone is 1. The maximum Gasteiger partial charge on any atom is 0.250 e. The Morgan fingerprint density at radius 3 is 2.05 bits per heavy atom. The summed E-state index contributed by atoms with van der Waals surface area (Å²) in [4.78, 5) is 13.8. The standard InChI is InChI=1S/C17H17NO/c1-14(15-9-5-3-6-10-15)13-17(19)18(2)16-11-7-4-8-12-16/h3-13H,1-2H3. The molecule has 0 aliphatic heterocycles. The number of nitrogens with zero attached hydrogens (tertiary/aromatic N) is 1. The Bertz CT molecular complexity index is 573. The van der Waals surface area contributed by atoms with Crippen LogP contribution in [-0.2, 0) is 4.79 Å². The van der Waals surface area contributed by atoms with Crippen molar-refractivity contribution in [3.63, 3.8) is 0 Å². The Balaban J connectivity index is 2.17. The number of amides is 1. The first-order valence-corrected chi connectivity index (χ1v) is 6.25. The van der Waals surface area contributed by atoms with Crippen molar-refractivity contribution in [2.45, 2.75) is 6.92 Å². The molecular formula is C17H17NO. The van der Waals surface area contributed by atoms with Gasteiger partial charge in [-0.15, -0.1) is 0 Å². The SMILES string of the molecule is CC(=CC(=O)N(C)c1ccccc1)c1ccccc1. The monoisotopic (exact) mass is 251 g/mol. The van der Waals surface area contributed by atoms with Gasteiger partial charge in [-0.25, -0.2) is 0 Å². The van der Waals surface area contributed by atoms with Crippen molar-refractivity contribution < 1.29 is 4.79 Å².